The lowest BCUT2D eigenvalue weighted by Crippen LogP contribution is -2.34. The summed E-state index contributed by atoms with van der Waals surface area (Å²) < 4.78 is 0. The smallest absolute Gasteiger partial charge is 0.241 e. The Balaban J connectivity index is 1.90. The number of amides is 1. The molecule has 2 aliphatic rings. The summed E-state index contributed by atoms with van der Waals surface area (Å²) in [7, 11) is 0. The molecule has 1 amide bonds. The lowest BCUT2D eigenvalue weighted by Gasteiger charge is -2.25. The highest BCUT2D eigenvalue weighted by Gasteiger charge is 2.55. The molecular formula is C13H18N2OS. The summed E-state index contributed by atoms with van der Waals surface area (Å²) in [6.07, 6.45) is 1.20. The quantitative estimate of drug-likeness (QED) is 0.874. The molecule has 3 atom stereocenters. The number of thiophene rings is 1. The second kappa shape index (κ2) is 3.56. The van der Waals surface area contributed by atoms with E-state index in [9.17, 15) is 4.79 Å². The molecule has 4 heteroatoms. The molecule has 1 aliphatic heterocycles. The zero-order valence-electron chi connectivity index (χ0n) is 10.4. The Morgan fingerprint density at radius 2 is 2.24 bits per heavy atom. The fraction of sp³-hybridized carbons (Fsp3) is 0.615. The molecule has 17 heavy (non-hydrogen) atoms. The predicted octanol–water partition coefficient (Wildman–Crippen LogP) is 2.37. The molecule has 2 heterocycles. The highest BCUT2D eigenvalue weighted by Crippen LogP contribution is 2.51. The normalized spacial score (nSPS) is 35.4. The second-order valence-electron chi connectivity index (χ2n) is 5.80. The number of rotatable bonds is 2. The van der Waals surface area contributed by atoms with Gasteiger partial charge in [-0.15, -0.1) is 0 Å². The number of hydrogen-bond acceptors (Lipinski definition) is 3. The monoisotopic (exact) mass is 250 g/mol. The second-order valence-corrected chi connectivity index (χ2v) is 6.58. The number of carbonyl (C=O) groups is 1. The summed E-state index contributed by atoms with van der Waals surface area (Å²) in [5.74, 6) is 0.247. The van der Waals surface area contributed by atoms with E-state index in [1.807, 2.05) is 6.92 Å². The number of hydrogen-bond donors (Lipinski definition) is 1. The Labute approximate surface area is 106 Å². The van der Waals surface area contributed by atoms with Crippen molar-refractivity contribution in [3.63, 3.8) is 0 Å². The molecular weight excluding hydrogens is 232 g/mol. The van der Waals surface area contributed by atoms with Gasteiger partial charge in [-0.2, -0.15) is 11.3 Å². The minimum absolute atomic E-state index is 0.0590. The fourth-order valence-corrected chi connectivity index (χ4v) is 3.35. The third-order valence-corrected chi connectivity index (χ3v) is 4.67. The van der Waals surface area contributed by atoms with Crippen molar-refractivity contribution in [1.82, 2.24) is 10.2 Å². The molecule has 1 aliphatic carbocycles. The van der Waals surface area contributed by atoms with E-state index in [2.05, 4.69) is 40.9 Å². The molecule has 3 unspecified atom stereocenters. The average molecular weight is 250 g/mol. The van der Waals surface area contributed by atoms with E-state index in [0.717, 1.165) is 6.42 Å². The highest BCUT2D eigenvalue weighted by atomic mass is 32.1. The van der Waals surface area contributed by atoms with Crippen molar-refractivity contribution >= 4 is 17.2 Å². The molecule has 0 spiro atoms. The van der Waals surface area contributed by atoms with E-state index in [1.165, 1.54) is 5.56 Å². The first-order valence-electron chi connectivity index (χ1n) is 6.11. The standard InChI is InChI=1S/C13H18N2OS/c1-8-12(16)15(10-6-13(10,2)3)11(14-8)9-4-5-17-7-9/h4-5,7-8,10-11,14H,6H2,1-3H3. The Kier molecular flexibility index (Phi) is 2.35. The van der Waals surface area contributed by atoms with Gasteiger partial charge in [-0.3, -0.25) is 10.1 Å². The maximum Gasteiger partial charge on any atom is 0.241 e. The molecule has 3 nitrogen and oxygen atoms in total. The Morgan fingerprint density at radius 3 is 2.76 bits per heavy atom. The van der Waals surface area contributed by atoms with Crippen LogP contribution in [0.1, 0.15) is 38.9 Å². The summed E-state index contributed by atoms with van der Waals surface area (Å²) >= 11 is 1.68. The van der Waals surface area contributed by atoms with E-state index in [1.54, 1.807) is 11.3 Å². The molecule has 0 aromatic carbocycles. The number of nitrogens with one attached hydrogen (secondary N) is 1. The van der Waals surface area contributed by atoms with Gasteiger partial charge in [0.15, 0.2) is 0 Å². The molecule has 0 radical (unpaired) electrons. The number of carbonyl (C=O) groups excluding carboxylic acids is 1. The first-order chi connectivity index (χ1) is 8.00. The van der Waals surface area contributed by atoms with Gasteiger partial charge >= 0.3 is 0 Å². The van der Waals surface area contributed by atoms with Gasteiger partial charge in [-0.05, 0) is 41.1 Å². The maximum atomic E-state index is 12.2. The van der Waals surface area contributed by atoms with Crippen molar-refractivity contribution in [2.45, 2.75) is 45.4 Å². The lowest BCUT2D eigenvalue weighted by molar-refractivity contribution is -0.130. The fourth-order valence-electron chi connectivity index (χ4n) is 2.67. The first-order valence-corrected chi connectivity index (χ1v) is 7.05. The van der Waals surface area contributed by atoms with Crippen LogP contribution in [0.2, 0.25) is 0 Å². The molecule has 3 rings (SSSR count). The Morgan fingerprint density at radius 1 is 1.53 bits per heavy atom. The van der Waals surface area contributed by atoms with Crippen LogP contribution < -0.4 is 5.32 Å². The summed E-state index contributed by atoms with van der Waals surface area (Å²) in [5, 5.41) is 7.60. The van der Waals surface area contributed by atoms with E-state index < -0.39 is 0 Å². The van der Waals surface area contributed by atoms with E-state index >= 15 is 0 Å². The Bertz CT molecular complexity index is 440. The van der Waals surface area contributed by atoms with Crippen molar-refractivity contribution in [1.29, 1.82) is 0 Å². The molecule has 1 aromatic rings. The van der Waals surface area contributed by atoms with Crippen molar-refractivity contribution in [2.24, 2.45) is 5.41 Å². The third kappa shape index (κ3) is 1.70. The topological polar surface area (TPSA) is 32.3 Å². The van der Waals surface area contributed by atoms with Crippen LogP contribution in [-0.4, -0.2) is 22.9 Å². The van der Waals surface area contributed by atoms with Crippen molar-refractivity contribution in [3.8, 4) is 0 Å². The van der Waals surface area contributed by atoms with Gasteiger partial charge in [0.05, 0.1) is 6.04 Å². The largest absolute Gasteiger partial charge is 0.318 e. The van der Waals surface area contributed by atoms with E-state index in [-0.39, 0.29) is 23.5 Å². The van der Waals surface area contributed by atoms with Gasteiger partial charge in [0.25, 0.3) is 0 Å². The van der Waals surface area contributed by atoms with Crippen LogP contribution >= 0.6 is 11.3 Å². The van der Waals surface area contributed by atoms with Gasteiger partial charge in [0.1, 0.15) is 6.17 Å². The minimum atomic E-state index is -0.0590. The minimum Gasteiger partial charge on any atom is -0.318 e. The van der Waals surface area contributed by atoms with Crippen LogP contribution in [0.25, 0.3) is 0 Å². The zero-order valence-corrected chi connectivity index (χ0v) is 11.3. The Hall–Kier alpha value is -0.870. The van der Waals surface area contributed by atoms with Gasteiger partial charge in [-0.1, -0.05) is 13.8 Å². The van der Waals surface area contributed by atoms with E-state index in [4.69, 9.17) is 0 Å². The molecule has 1 saturated carbocycles. The summed E-state index contributed by atoms with van der Waals surface area (Å²) in [5.41, 5.74) is 1.51. The van der Waals surface area contributed by atoms with Crippen LogP contribution in [0.3, 0.4) is 0 Å². The van der Waals surface area contributed by atoms with Crippen LogP contribution in [0.5, 0.6) is 0 Å². The molecule has 2 fully saturated rings. The van der Waals surface area contributed by atoms with Crippen LogP contribution in [0.4, 0.5) is 0 Å². The molecule has 1 saturated heterocycles. The SMILES string of the molecule is CC1NC(c2ccsc2)N(C2CC2(C)C)C1=O. The third-order valence-electron chi connectivity index (χ3n) is 3.97. The first kappa shape index (κ1) is 11.2. The zero-order chi connectivity index (χ0) is 12.2. The summed E-state index contributed by atoms with van der Waals surface area (Å²) in [6, 6.07) is 2.45. The van der Waals surface area contributed by atoms with Crippen molar-refractivity contribution in [2.75, 3.05) is 0 Å². The van der Waals surface area contributed by atoms with E-state index in [0.29, 0.717) is 6.04 Å². The van der Waals surface area contributed by atoms with Gasteiger partial charge in [0.2, 0.25) is 5.91 Å². The van der Waals surface area contributed by atoms with Gasteiger partial charge in [0, 0.05) is 6.04 Å². The highest BCUT2D eigenvalue weighted by molar-refractivity contribution is 7.07. The van der Waals surface area contributed by atoms with Gasteiger partial charge in [-0.25, -0.2) is 0 Å². The molecule has 0 bridgehead atoms. The molecule has 1 aromatic heterocycles. The van der Waals surface area contributed by atoms with Gasteiger partial charge < -0.3 is 4.90 Å². The predicted molar refractivity (Wildman–Crippen MR) is 68.7 cm³/mol. The maximum absolute atomic E-state index is 12.2. The summed E-state index contributed by atoms with van der Waals surface area (Å²) in [4.78, 5) is 14.3. The molecule has 1 N–H and O–H groups in total. The van der Waals surface area contributed by atoms with Crippen LogP contribution in [0, 0.1) is 5.41 Å². The number of nitrogens with zero attached hydrogens (tertiary/aromatic N) is 1. The lowest BCUT2D eigenvalue weighted by atomic mass is 10.1. The molecule has 92 valence electrons. The van der Waals surface area contributed by atoms with Crippen molar-refractivity contribution in [3.05, 3.63) is 22.4 Å². The van der Waals surface area contributed by atoms with Crippen LogP contribution in [-0.2, 0) is 4.79 Å². The van der Waals surface area contributed by atoms with Crippen molar-refractivity contribution < 1.29 is 4.79 Å². The summed E-state index contributed by atoms with van der Waals surface area (Å²) in [6.45, 7) is 6.42. The van der Waals surface area contributed by atoms with Crippen LogP contribution in [0.15, 0.2) is 16.8 Å². The average Bonchev–Trinajstić information content (AvgIpc) is 2.72.